The van der Waals surface area contributed by atoms with Crippen LogP contribution in [-0.2, 0) is 14.8 Å². The lowest BCUT2D eigenvalue weighted by Crippen LogP contribution is -2.67. The average Bonchev–Trinajstić information content (AvgIpc) is 2.44. The summed E-state index contributed by atoms with van der Waals surface area (Å²) in [6, 6.07) is 7.23. The molecular weight excluding hydrogens is 288 g/mol. The van der Waals surface area contributed by atoms with Gasteiger partial charge < -0.3 is 5.32 Å². The molecule has 1 aromatic carbocycles. The molecule has 0 saturated carbocycles. The zero-order valence-corrected chi connectivity index (χ0v) is 13.7. The van der Waals surface area contributed by atoms with Gasteiger partial charge in [-0.05, 0) is 51.4 Å². The summed E-state index contributed by atoms with van der Waals surface area (Å²) in [5.74, 6) is -0.381. The lowest BCUT2D eigenvalue weighted by Gasteiger charge is -2.43. The van der Waals surface area contributed by atoms with Gasteiger partial charge in [0.1, 0.15) is 0 Å². The topological polar surface area (TPSA) is 66.5 Å². The van der Waals surface area contributed by atoms with E-state index in [-0.39, 0.29) is 11.9 Å². The van der Waals surface area contributed by atoms with Gasteiger partial charge in [-0.25, -0.2) is 12.7 Å². The first-order chi connectivity index (χ1) is 9.73. The van der Waals surface area contributed by atoms with Crippen LogP contribution in [0, 0.1) is 0 Å². The number of rotatable bonds is 5. The average molecular weight is 310 g/mol. The van der Waals surface area contributed by atoms with Crippen LogP contribution in [0.25, 0.3) is 0 Å². The van der Waals surface area contributed by atoms with E-state index in [4.69, 9.17) is 0 Å². The maximum Gasteiger partial charge on any atom is 0.263 e. The lowest BCUT2D eigenvalue weighted by molar-refractivity contribution is -0.120. The van der Waals surface area contributed by atoms with Gasteiger partial charge in [0, 0.05) is 6.04 Å². The van der Waals surface area contributed by atoms with Crippen LogP contribution in [0.5, 0.6) is 0 Å². The Morgan fingerprint density at radius 2 is 2.00 bits per heavy atom. The Balaban J connectivity index is 2.29. The summed E-state index contributed by atoms with van der Waals surface area (Å²) in [7, 11) is -3.60. The largest absolute Gasteiger partial charge is 0.310 e. The summed E-state index contributed by atoms with van der Waals surface area (Å²) >= 11 is 0. The molecule has 1 atom stereocenters. The SMILES string of the molecule is CCCNC(C)c1cccc(N2C(=O)C(C)(C)S2(=O)=O)c1. The van der Waals surface area contributed by atoms with Gasteiger partial charge >= 0.3 is 0 Å². The van der Waals surface area contributed by atoms with Crippen LogP contribution in [0.3, 0.4) is 0 Å². The molecule has 1 unspecified atom stereocenters. The fourth-order valence-electron chi connectivity index (χ4n) is 2.31. The third-order valence-corrected chi connectivity index (χ3v) is 6.21. The van der Waals surface area contributed by atoms with E-state index in [9.17, 15) is 13.2 Å². The number of anilines is 1. The number of amides is 1. The molecule has 1 aromatic rings. The van der Waals surface area contributed by atoms with E-state index in [1.807, 2.05) is 13.0 Å². The Kier molecular flexibility index (Phi) is 4.13. The van der Waals surface area contributed by atoms with Crippen LogP contribution in [0.1, 0.15) is 45.7 Å². The maximum atomic E-state index is 12.2. The van der Waals surface area contributed by atoms with Crippen molar-refractivity contribution in [2.24, 2.45) is 0 Å². The van der Waals surface area contributed by atoms with Gasteiger partial charge in [0.05, 0.1) is 5.69 Å². The van der Waals surface area contributed by atoms with E-state index in [1.165, 1.54) is 13.8 Å². The van der Waals surface area contributed by atoms with Gasteiger partial charge in [-0.3, -0.25) is 4.79 Å². The second-order valence-corrected chi connectivity index (χ2v) is 8.19. The highest BCUT2D eigenvalue weighted by molar-refractivity contribution is 7.98. The second kappa shape index (κ2) is 5.42. The van der Waals surface area contributed by atoms with Crippen LogP contribution in [0.15, 0.2) is 24.3 Å². The molecular formula is C15H22N2O3S. The Morgan fingerprint density at radius 3 is 2.57 bits per heavy atom. The fourth-order valence-corrected chi connectivity index (χ4v) is 3.78. The van der Waals surface area contributed by atoms with E-state index in [0.29, 0.717) is 5.69 Å². The van der Waals surface area contributed by atoms with E-state index in [2.05, 4.69) is 12.2 Å². The second-order valence-electron chi connectivity index (χ2n) is 5.86. The summed E-state index contributed by atoms with van der Waals surface area (Å²) in [5, 5.41) is 3.35. The molecule has 1 amide bonds. The highest BCUT2D eigenvalue weighted by atomic mass is 32.2. The Labute approximate surface area is 126 Å². The molecule has 21 heavy (non-hydrogen) atoms. The monoisotopic (exact) mass is 310 g/mol. The number of hydrogen-bond acceptors (Lipinski definition) is 4. The number of hydrogen-bond donors (Lipinski definition) is 1. The summed E-state index contributed by atoms with van der Waals surface area (Å²) in [5.41, 5.74) is 1.38. The van der Waals surface area contributed by atoms with E-state index < -0.39 is 14.8 Å². The number of benzene rings is 1. The first-order valence-corrected chi connectivity index (χ1v) is 8.60. The predicted molar refractivity (Wildman–Crippen MR) is 83.6 cm³/mol. The number of nitrogens with one attached hydrogen (secondary N) is 1. The Hall–Kier alpha value is -1.40. The smallest absolute Gasteiger partial charge is 0.263 e. The van der Waals surface area contributed by atoms with Crippen molar-refractivity contribution in [2.45, 2.75) is 44.9 Å². The van der Waals surface area contributed by atoms with Crippen LogP contribution in [0.2, 0.25) is 0 Å². The molecule has 1 N–H and O–H groups in total. The zero-order valence-electron chi connectivity index (χ0n) is 12.9. The molecule has 0 aliphatic carbocycles. The highest BCUT2D eigenvalue weighted by Crippen LogP contribution is 2.39. The maximum absolute atomic E-state index is 12.2. The molecule has 2 rings (SSSR count). The van der Waals surface area contributed by atoms with Crippen molar-refractivity contribution in [1.82, 2.24) is 5.32 Å². The third-order valence-electron chi connectivity index (χ3n) is 3.89. The van der Waals surface area contributed by atoms with Crippen LogP contribution in [0.4, 0.5) is 5.69 Å². The summed E-state index contributed by atoms with van der Waals surface area (Å²) in [6.45, 7) is 7.88. The first-order valence-electron chi connectivity index (χ1n) is 7.16. The minimum Gasteiger partial charge on any atom is -0.310 e. The van der Waals surface area contributed by atoms with Crippen molar-refractivity contribution < 1.29 is 13.2 Å². The number of carbonyl (C=O) groups excluding carboxylic acids is 1. The quantitative estimate of drug-likeness (QED) is 0.905. The molecule has 6 heteroatoms. The van der Waals surface area contributed by atoms with Crippen molar-refractivity contribution in [1.29, 1.82) is 0 Å². The minimum absolute atomic E-state index is 0.108. The van der Waals surface area contributed by atoms with Crippen LogP contribution in [-0.4, -0.2) is 25.6 Å². The van der Waals surface area contributed by atoms with Gasteiger partial charge in [-0.1, -0.05) is 19.1 Å². The molecule has 1 fully saturated rings. The normalized spacial score (nSPS) is 21.0. The summed E-state index contributed by atoms with van der Waals surface area (Å²) in [4.78, 5) is 12.1. The van der Waals surface area contributed by atoms with Gasteiger partial charge in [-0.2, -0.15) is 0 Å². The Morgan fingerprint density at radius 1 is 1.33 bits per heavy atom. The van der Waals surface area contributed by atoms with Crippen molar-refractivity contribution in [3.05, 3.63) is 29.8 Å². The number of nitrogens with zero attached hydrogens (tertiary/aromatic N) is 1. The third kappa shape index (κ3) is 2.46. The van der Waals surface area contributed by atoms with E-state index in [0.717, 1.165) is 22.8 Å². The molecule has 1 aliphatic rings. The fraction of sp³-hybridized carbons (Fsp3) is 0.533. The summed E-state index contributed by atoms with van der Waals surface area (Å²) < 4.78 is 24.0. The molecule has 5 nitrogen and oxygen atoms in total. The van der Waals surface area contributed by atoms with Crippen molar-refractivity contribution in [3.63, 3.8) is 0 Å². The molecule has 1 heterocycles. The van der Waals surface area contributed by atoms with Crippen LogP contribution < -0.4 is 9.62 Å². The van der Waals surface area contributed by atoms with Gasteiger partial charge in [-0.15, -0.1) is 0 Å². The molecule has 1 saturated heterocycles. The van der Waals surface area contributed by atoms with E-state index >= 15 is 0 Å². The lowest BCUT2D eigenvalue weighted by atomic mass is 10.1. The highest BCUT2D eigenvalue weighted by Gasteiger charge is 2.60. The molecule has 1 aliphatic heterocycles. The van der Waals surface area contributed by atoms with Gasteiger partial charge in [0.25, 0.3) is 15.9 Å². The van der Waals surface area contributed by atoms with Crippen molar-refractivity contribution in [3.8, 4) is 0 Å². The van der Waals surface area contributed by atoms with Gasteiger partial charge in [0.15, 0.2) is 4.75 Å². The molecule has 0 spiro atoms. The Bertz CT molecular complexity index is 653. The molecule has 0 aromatic heterocycles. The summed E-state index contributed by atoms with van der Waals surface area (Å²) in [6.07, 6.45) is 1.03. The predicted octanol–water partition coefficient (Wildman–Crippen LogP) is 2.20. The molecule has 116 valence electrons. The van der Waals surface area contributed by atoms with Gasteiger partial charge in [0.2, 0.25) is 0 Å². The number of carbonyl (C=O) groups is 1. The number of sulfonamides is 1. The molecule has 0 radical (unpaired) electrons. The van der Waals surface area contributed by atoms with Crippen LogP contribution >= 0.6 is 0 Å². The minimum atomic E-state index is -3.60. The zero-order chi connectivity index (χ0) is 15.8. The standard InChI is InChI=1S/C15H22N2O3S/c1-5-9-16-11(2)12-7-6-8-13(10-12)17-14(18)15(3,4)21(17,19)20/h6-8,10-11,16H,5,9H2,1-4H3. The van der Waals surface area contributed by atoms with E-state index in [1.54, 1.807) is 18.2 Å². The first kappa shape index (κ1) is 16.0. The molecule has 0 bridgehead atoms. The van der Waals surface area contributed by atoms with Crippen molar-refractivity contribution in [2.75, 3.05) is 10.8 Å². The van der Waals surface area contributed by atoms with Crippen molar-refractivity contribution >= 4 is 21.6 Å².